The Kier molecular flexibility index (Phi) is 13.8. The molecule has 18 heteroatoms. The van der Waals surface area contributed by atoms with Crippen molar-refractivity contribution in [2.45, 2.75) is 203 Å². The molecule has 8 fully saturated rings. The van der Waals surface area contributed by atoms with Crippen LogP contribution >= 0.6 is 0 Å². The average Bonchev–Trinajstić information content (AvgIpc) is 3.77. The van der Waals surface area contributed by atoms with Crippen molar-refractivity contribution < 1.29 is 89.0 Å². The van der Waals surface area contributed by atoms with Gasteiger partial charge in [-0.15, -0.1) is 0 Å². The lowest BCUT2D eigenvalue weighted by atomic mass is 9.35. The van der Waals surface area contributed by atoms with Gasteiger partial charge in [-0.3, -0.25) is 0 Å². The second kappa shape index (κ2) is 17.9. The highest BCUT2D eigenvalue weighted by Crippen LogP contribution is 2.76. The van der Waals surface area contributed by atoms with Gasteiger partial charge in [0.25, 0.3) is 0 Å². The first-order chi connectivity index (χ1) is 30.1. The molecule has 8 aliphatic rings. The summed E-state index contributed by atoms with van der Waals surface area (Å²) >= 11 is 0. The maximum absolute atomic E-state index is 13.9. The molecule has 18 nitrogen and oxygen atoms in total. The molecule has 8 rings (SSSR count). The minimum Gasteiger partial charge on any atom is -0.392 e. The van der Waals surface area contributed by atoms with E-state index >= 15 is 0 Å². The Hall–Kier alpha value is -1.27. The van der Waals surface area contributed by atoms with Crippen LogP contribution in [0.5, 0.6) is 0 Å². The average molecular weight is 915 g/mol. The third kappa shape index (κ3) is 7.79. The predicted octanol–water partition coefficient (Wildman–Crippen LogP) is -0.233. The lowest BCUT2D eigenvalue weighted by molar-refractivity contribution is -0.383. The SMILES string of the molecule is C/C(=C\[C@@H]1CC(O)([C@H]2CC[C@]3(C)[C@@H]2CC[C@@H]2[C@@]4(C=O)CC[C@H](O[C@@H]5OC[C@H](O)[C@H](O[C@@H]6OC[C@@H](O)[C@H](O)[C@H]6O)[C@H]5O[C@@H]5O[C@@H](C)[C@H](O)[C@@H](O)[C@H]5O)C(C)(C)[C@@H]4CC[C@]23C)C(O)O1)CO. The molecule has 4 aliphatic heterocycles. The summed E-state index contributed by atoms with van der Waals surface area (Å²) < 4.78 is 42.6. The quantitative estimate of drug-likeness (QED) is 0.0770. The largest absolute Gasteiger partial charge is 0.392 e. The monoisotopic (exact) mass is 914 g/mol. The van der Waals surface area contributed by atoms with Gasteiger partial charge in [0.05, 0.1) is 38.1 Å². The topological polar surface area (TPSA) is 284 Å². The normalized spacial score (nSPS) is 55.3. The van der Waals surface area contributed by atoms with Crippen molar-refractivity contribution in [1.29, 1.82) is 0 Å². The second-order valence-electron chi connectivity index (χ2n) is 21.8. The summed E-state index contributed by atoms with van der Waals surface area (Å²) in [5, 5.41) is 108. The number of aliphatic hydroxyl groups excluding tert-OH is 9. The molecule has 4 saturated carbocycles. The van der Waals surface area contributed by atoms with Gasteiger partial charge in [-0.1, -0.05) is 33.8 Å². The molecular weight excluding hydrogens is 840 g/mol. The van der Waals surface area contributed by atoms with E-state index in [0.717, 1.165) is 32.1 Å². The Morgan fingerprint density at radius 3 is 2.03 bits per heavy atom. The summed E-state index contributed by atoms with van der Waals surface area (Å²) in [5.74, 6) is -0.214. The van der Waals surface area contributed by atoms with E-state index in [1.165, 1.54) is 13.2 Å². The molecule has 0 bridgehead atoms. The van der Waals surface area contributed by atoms with Crippen molar-refractivity contribution in [3.05, 3.63) is 11.6 Å². The first-order valence-corrected chi connectivity index (χ1v) is 23.5. The third-order valence-corrected chi connectivity index (χ3v) is 18.3. The number of ether oxygens (including phenoxy) is 7. The van der Waals surface area contributed by atoms with Crippen LogP contribution in [0.3, 0.4) is 0 Å². The highest BCUT2D eigenvalue weighted by atomic mass is 16.8. The lowest BCUT2D eigenvalue weighted by Gasteiger charge is -2.69. The number of aliphatic hydroxyl groups is 10. The van der Waals surface area contributed by atoms with E-state index in [4.69, 9.17) is 33.2 Å². The van der Waals surface area contributed by atoms with Crippen LogP contribution < -0.4 is 0 Å². The maximum atomic E-state index is 13.9. The van der Waals surface area contributed by atoms with Crippen LogP contribution in [0.2, 0.25) is 0 Å². The fourth-order valence-corrected chi connectivity index (χ4v) is 14.5. The molecule has 10 N–H and O–H groups in total. The molecule has 2 unspecified atom stereocenters. The molecule has 4 heterocycles. The number of aldehydes is 1. The molecule has 0 aromatic carbocycles. The van der Waals surface area contributed by atoms with Crippen molar-refractivity contribution in [2.75, 3.05) is 19.8 Å². The first kappa shape index (κ1) is 49.2. The standard InChI is InChI=1S/C46H74O18/c1-21(17-47)15-23-16-46(57,41(56)61-23)25-9-12-43(5)24(25)7-8-29-44(43,6)13-10-28-42(3,4)30(11-14-45(28,29)20-48)62-40-37(64-39-35(55)33(53)31(51)22(2)60-39)36(27(50)19-59-40)63-38-34(54)32(52)26(49)18-58-38/h15,20,22-41,47,49-57H,7-14,16-19H2,1-6H3/b21-15+/t22-,23+,24+,25-,26+,27-,28-,29-,30-,31-,32-,33+,34+,35+,36-,37+,38-,39-,40-,41?,43+,44+,45+,46?/m0/s1. The molecule has 0 radical (unpaired) electrons. The van der Waals surface area contributed by atoms with Crippen molar-refractivity contribution in [2.24, 2.45) is 45.3 Å². The third-order valence-electron chi connectivity index (χ3n) is 18.3. The number of fused-ring (bicyclic) bond motifs is 5. The number of carbonyl (C=O) groups excluding carboxylic acids is 1. The molecular formula is C46H74O18. The van der Waals surface area contributed by atoms with Crippen molar-refractivity contribution in [3.8, 4) is 0 Å². The van der Waals surface area contributed by atoms with Crippen molar-refractivity contribution in [1.82, 2.24) is 0 Å². The summed E-state index contributed by atoms with van der Waals surface area (Å²) in [6, 6.07) is 0. The van der Waals surface area contributed by atoms with Gasteiger partial charge < -0.3 is 89.0 Å². The highest BCUT2D eigenvalue weighted by Gasteiger charge is 2.72. The number of hydrogen-bond donors (Lipinski definition) is 10. The zero-order valence-corrected chi connectivity index (χ0v) is 37.9. The van der Waals surface area contributed by atoms with Crippen LogP contribution in [-0.4, -0.2) is 181 Å². The molecule has 0 amide bonds. The fraction of sp³-hybridized carbons (Fsp3) is 0.935. The van der Waals surface area contributed by atoms with E-state index in [1.54, 1.807) is 13.0 Å². The van der Waals surface area contributed by atoms with Gasteiger partial charge in [-0.25, -0.2) is 0 Å². The van der Waals surface area contributed by atoms with Gasteiger partial charge in [0.2, 0.25) is 0 Å². The van der Waals surface area contributed by atoms with Crippen molar-refractivity contribution in [3.63, 3.8) is 0 Å². The minimum atomic E-state index is -1.74. The predicted molar refractivity (Wildman–Crippen MR) is 221 cm³/mol. The summed E-state index contributed by atoms with van der Waals surface area (Å²) in [7, 11) is 0. The Labute approximate surface area is 374 Å². The van der Waals surface area contributed by atoms with E-state index in [2.05, 4.69) is 27.7 Å². The van der Waals surface area contributed by atoms with Crippen LogP contribution in [0, 0.1) is 45.3 Å². The van der Waals surface area contributed by atoms with Crippen molar-refractivity contribution >= 4 is 6.29 Å². The number of rotatable bonds is 10. The maximum Gasteiger partial charge on any atom is 0.187 e. The molecule has 4 saturated heterocycles. The molecule has 0 spiro atoms. The highest BCUT2D eigenvalue weighted by molar-refractivity contribution is 5.62. The Bertz CT molecular complexity index is 1700. The van der Waals surface area contributed by atoms with Gasteiger partial charge in [0, 0.05) is 11.8 Å². The lowest BCUT2D eigenvalue weighted by Crippen LogP contribution is -2.67. The molecule has 4 aliphatic carbocycles. The Morgan fingerprint density at radius 1 is 0.672 bits per heavy atom. The number of carbonyl (C=O) groups is 1. The van der Waals surface area contributed by atoms with E-state index in [0.29, 0.717) is 24.8 Å². The number of hydrogen-bond acceptors (Lipinski definition) is 18. The first-order valence-electron chi connectivity index (χ1n) is 23.5. The van der Waals surface area contributed by atoms with Crippen LogP contribution in [-0.2, 0) is 38.0 Å². The van der Waals surface area contributed by atoms with Crippen LogP contribution in [0.15, 0.2) is 11.6 Å². The summed E-state index contributed by atoms with van der Waals surface area (Å²) in [6.45, 7) is 11.3. The minimum absolute atomic E-state index is 0.0261. The zero-order chi connectivity index (χ0) is 46.5. The molecule has 366 valence electrons. The summed E-state index contributed by atoms with van der Waals surface area (Å²) in [6.07, 6.45) is -12.7. The molecule has 24 atom stereocenters. The van der Waals surface area contributed by atoms with E-state index in [9.17, 15) is 55.9 Å². The van der Waals surface area contributed by atoms with Gasteiger partial charge >= 0.3 is 0 Å². The van der Waals surface area contributed by atoms with E-state index in [-0.39, 0.29) is 60.7 Å². The zero-order valence-electron chi connectivity index (χ0n) is 37.9. The van der Waals surface area contributed by atoms with Crippen LogP contribution in [0.1, 0.15) is 99.3 Å². The van der Waals surface area contributed by atoms with E-state index < -0.39 is 115 Å². The summed E-state index contributed by atoms with van der Waals surface area (Å²) in [4.78, 5) is 13.9. The van der Waals surface area contributed by atoms with Gasteiger partial charge in [-0.2, -0.15) is 0 Å². The van der Waals surface area contributed by atoms with Gasteiger partial charge in [-0.05, 0) is 111 Å². The van der Waals surface area contributed by atoms with Crippen LogP contribution in [0.25, 0.3) is 0 Å². The molecule has 64 heavy (non-hydrogen) atoms. The van der Waals surface area contributed by atoms with Gasteiger partial charge in [0.1, 0.15) is 66.8 Å². The van der Waals surface area contributed by atoms with E-state index in [1.807, 2.05) is 0 Å². The second-order valence-corrected chi connectivity index (χ2v) is 21.8. The summed E-state index contributed by atoms with van der Waals surface area (Å²) in [5.41, 5.74) is -2.58. The van der Waals surface area contributed by atoms with Gasteiger partial charge in [0.15, 0.2) is 25.2 Å². The Morgan fingerprint density at radius 2 is 1.33 bits per heavy atom. The smallest absolute Gasteiger partial charge is 0.187 e. The Balaban J connectivity index is 1.03. The fourth-order valence-electron chi connectivity index (χ4n) is 14.5. The molecule has 0 aromatic heterocycles. The molecule has 0 aromatic rings. The van der Waals surface area contributed by atoms with Crippen LogP contribution in [0.4, 0.5) is 0 Å².